The zero-order valence-electron chi connectivity index (χ0n) is 34.7. The second-order valence-electron chi connectivity index (χ2n) is 17.5. The molecule has 58 heavy (non-hydrogen) atoms. The Morgan fingerprint density at radius 3 is 2.47 bits per heavy atom. The summed E-state index contributed by atoms with van der Waals surface area (Å²) in [5.41, 5.74) is 2.95. The van der Waals surface area contributed by atoms with E-state index in [4.69, 9.17) is 18.9 Å². The number of aromatic nitrogens is 1. The molecule has 2 saturated heterocycles. The van der Waals surface area contributed by atoms with Crippen molar-refractivity contribution in [2.45, 2.75) is 93.5 Å². The van der Waals surface area contributed by atoms with E-state index in [1.165, 1.54) is 37.7 Å². The highest BCUT2D eigenvalue weighted by Gasteiger charge is 2.80. The van der Waals surface area contributed by atoms with E-state index < -0.39 is 45.9 Å². The van der Waals surface area contributed by atoms with E-state index in [0.717, 1.165) is 74.3 Å². The maximum atomic E-state index is 13.5. The van der Waals surface area contributed by atoms with E-state index in [1.807, 2.05) is 31.0 Å². The molecule has 1 saturated carbocycles. The van der Waals surface area contributed by atoms with Gasteiger partial charge in [-0.3, -0.25) is 19.4 Å². The summed E-state index contributed by atoms with van der Waals surface area (Å²) in [6.45, 7) is 9.22. The van der Waals surface area contributed by atoms with Crippen LogP contribution >= 0.6 is 0 Å². The van der Waals surface area contributed by atoms with Crippen LogP contribution in [0, 0.1) is 11.3 Å². The zero-order valence-corrected chi connectivity index (χ0v) is 34.7. The third kappa shape index (κ3) is 4.88. The highest BCUT2D eigenvalue weighted by atomic mass is 16.6. The highest BCUT2D eigenvalue weighted by molar-refractivity contribution is 5.92. The van der Waals surface area contributed by atoms with Crippen LogP contribution in [0.1, 0.15) is 63.3 Å². The van der Waals surface area contributed by atoms with Crippen LogP contribution in [0.5, 0.6) is 5.75 Å². The summed E-state index contributed by atoms with van der Waals surface area (Å²) in [7, 11) is 6.31. The number of aliphatic hydroxyl groups is 1. The number of likely N-dealkylation sites (N-methyl/N-ethyl adjacent to an activating group) is 1. The number of para-hydroxylation sites is 1. The van der Waals surface area contributed by atoms with Crippen molar-refractivity contribution < 1.29 is 38.4 Å². The van der Waals surface area contributed by atoms with Gasteiger partial charge in [-0.1, -0.05) is 61.9 Å². The van der Waals surface area contributed by atoms with Crippen LogP contribution in [0.15, 0.2) is 66.3 Å². The molecule has 1 aromatic heterocycles. The summed E-state index contributed by atoms with van der Waals surface area (Å²) in [6, 6.07) is 13.8. The molecular weight excluding hydrogens is 737 g/mol. The van der Waals surface area contributed by atoms with Crippen LogP contribution in [0.25, 0.3) is 10.9 Å². The minimum Gasteiger partial charge on any atom is -0.497 e. The third-order valence-electron chi connectivity index (χ3n) is 15.2. The molecule has 3 aromatic rings. The molecular formula is C46H56N4O8. The minimum atomic E-state index is -2.08. The summed E-state index contributed by atoms with van der Waals surface area (Å²) in [5.74, 6) is -0.272. The molecule has 7 heterocycles. The largest absolute Gasteiger partial charge is 0.497 e. The van der Waals surface area contributed by atoms with Crippen molar-refractivity contribution in [2.75, 3.05) is 59.5 Å². The number of hydrogen-bond donors (Lipinski definition) is 2. The Morgan fingerprint density at radius 1 is 0.983 bits per heavy atom. The van der Waals surface area contributed by atoms with Crippen molar-refractivity contribution in [1.82, 2.24) is 14.8 Å². The molecule has 0 radical (unpaired) electrons. The van der Waals surface area contributed by atoms with E-state index >= 15 is 0 Å². The predicted molar refractivity (Wildman–Crippen MR) is 219 cm³/mol. The molecule has 2 aliphatic carbocycles. The van der Waals surface area contributed by atoms with Gasteiger partial charge in [0.25, 0.3) is 0 Å². The Labute approximate surface area is 340 Å². The van der Waals surface area contributed by atoms with Gasteiger partial charge in [0.1, 0.15) is 11.2 Å². The number of hydrogen-bond acceptors (Lipinski definition) is 11. The van der Waals surface area contributed by atoms with Crippen molar-refractivity contribution in [3.05, 3.63) is 83.1 Å². The molecule has 308 valence electrons. The molecule has 12 heteroatoms. The van der Waals surface area contributed by atoms with Crippen LogP contribution in [0.3, 0.4) is 0 Å². The fraction of sp³-hybridized carbons (Fsp3) is 0.543. The lowest BCUT2D eigenvalue weighted by atomic mass is 9.47. The van der Waals surface area contributed by atoms with Crippen LogP contribution in [0.2, 0.25) is 0 Å². The van der Waals surface area contributed by atoms with E-state index in [1.54, 1.807) is 7.11 Å². The highest BCUT2D eigenvalue weighted by Crippen LogP contribution is 2.67. The van der Waals surface area contributed by atoms with Gasteiger partial charge in [0.15, 0.2) is 6.10 Å². The van der Waals surface area contributed by atoms with Crippen LogP contribution < -0.4 is 9.64 Å². The smallest absolute Gasteiger partial charge is 0.344 e. The van der Waals surface area contributed by atoms with Crippen molar-refractivity contribution in [1.29, 1.82) is 0 Å². The lowest BCUT2D eigenvalue weighted by Gasteiger charge is -2.63. The van der Waals surface area contributed by atoms with Crippen LogP contribution in [-0.2, 0) is 45.8 Å². The minimum absolute atomic E-state index is 0.0589. The van der Waals surface area contributed by atoms with Crippen LogP contribution in [-0.4, -0.2) is 122 Å². The number of anilines is 1. The Morgan fingerprint density at radius 2 is 1.76 bits per heavy atom. The fourth-order valence-corrected chi connectivity index (χ4v) is 13.4. The molecule has 4 bridgehead atoms. The SMILES string of the molecule is CCC12C=CCN3CCC4(c5ccc(OC)cc5N(C)C4C(O)(C(=O)OC)C1OC(C)=O)C32.CCC1=CC2CN3CCc4c([nH]c5ccccc45)C(C(=O)OC)(C2)C13. The topological polar surface area (TPSA) is 134 Å². The number of carbonyl (C=O) groups excluding carboxylic acids is 3. The second-order valence-corrected chi connectivity index (χ2v) is 17.5. The number of rotatable bonds is 6. The third-order valence-corrected chi connectivity index (χ3v) is 15.2. The van der Waals surface area contributed by atoms with Crippen LogP contribution in [0.4, 0.5) is 5.69 Å². The summed E-state index contributed by atoms with van der Waals surface area (Å²) < 4.78 is 22.0. The molecule has 11 rings (SSSR count). The van der Waals surface area contributed by atoms with E-state index in [9.17, 15) is 19.5 Å². The summed E-state index contributed by atoms with van der Waals surface area (Å²) in [4.78, 5) is 49.6. The van der Waals surface area contributed by atoms with Gasteiger partial charge in [0.2, 0.25) is 5.60 Å². The monoisotopic (exact) mass is 792 g/mol. The van der Waals surface area contributed by atoms with Gasteiger partial charge >= 0.3 is 17.9 Å². The molecule has 0 amide bonds. The normalized spacial score (nSPS) is 36.0. The molecule has 3 fully saturated rings. The van der Waals surface area contributed by atoms with Gasteiger partial charge in [0.05, 0.1) is 33.4 Å². The van der Waals surface area contributed by atoms with Gasteiger partial charge in [-0.2, -0.15) is 0 Å². The number of nitrogens with zero attached hydrogens (tertiary/aromatic N) is 3. The van der Waals surface area contributed by atoms with E-state index in [0.29, 0.717) is 18.1 Å². The number of carbonyl (C=O) groups is 3. The fourth-order valence-electron chi connectivity index (χ4n) is 13.4. The Balaban J connectivity index is 0.000000156. The van der Waals surface area contributed by atoms with Crippen molar-refractivity contribution in [3.8, 4) is 5.75 Å². The van der Waals surface area contributed by atoms with Gasteiger partial charge in [0, 0.05) is 78.8 Å². The number of benzene rings is 2. The molecule has 2 aromatic carbocycles. The van der Waals surface area contributed by atoms with Gasteiger partial charge in [-0.05, 0) is 67.8 Å². The number of nitrogens with one attached hydrogen (secondary N) is 1. The number of aromatic amines is 1. The molecule has 2 N–H and O–H groups in total. The Kier molecular flexibility index (Phi) is 9.18. The lowest BCUT2D eigenvalue weighted by molar-refractivity contribution is -0.228. The molecule has 12 nitrogen and oxygen atoms in total. The summed E-state index contributed by atoms with van der Waals surface area (Å²) in [6.07, 6.45) is 9.65. The average molecular weight is 793 g/mol. The van der Waals surface area contributed by atoms with E-state index in [2.05, 4.69) is 70.3 Å². The molecule has 10 atom stereocenters. The molecule has 10 unspecified atom stereocenters. The molecule has 8 aliphatic rings. The first-order valence-electron chi connectivity index (χ1n) is 20.8. The predicted octanol–water partition coefficient (Wildman–Crippen LogP) is 4.82. The van der Waals surface area contributed by atoms with Crippen molar-refractivity contribution >= 4 is 34.5 Å². The number of methoxy groups -OCH3 is 3. The Bertz CT molecular complexity index is 2250. The quantitative estimate of drug-likeness (QED) is 0.202. The first kappa shape index (κ1) is 38.8. The summed E-state index contributed by atoms with van der Waals surface area (Å²) >= 11 is 0. The average Bonchev–Trinajstić information content (AvgIpc) is 3.88. The summed E-state index contributed by atoms with van der Waals surface area (Å²) in [5, 5.41) is 13.7. The zero-order chi connectivity index (χ0) is 40.9. The second kappa shape index (κ2) is 13.7. The maximum Gasteiger partial charge on any atom is 0.344 e. The van der Waals surface area contributed by atoms with E-state index in [-0.39, 0.29) is 18.1 Å². The number of piperidine rings is 1. The first-order valence-corrected chi connectivity index (χ1v) is 20.8. The standard InChI is InChI=1S/C25H32N2O6.C21H24N2O2/c1-6-23-10-7-12-27-13-11-24(19(23)27)17-9-8-16(31-4)14-18(17)26(3)20(24)25(30,22(29)32-5)21(23)33-15(2)28;1-3-14-10-13-11-21(20(24)25-2)18-16(8-9-23(12-13)19(14)21)15-6-4-5-7-17(15)22-18/h7-10,14,19-21,30H,6,11-13H2,1-5H3;4-7,10,13,19,22H,3,8-9,11-12H2,1-2H3. The molecule has 1 spiro atoms. The number of H-pyrrole nitrogens is 1. The first-order chi connectivity index (χ1) is 27.9. The number of esters is 3. The van der Waals surface area contributed by atoms with Crippen molar-refractivity contribution in [2.24, 2.45) is 11.3 Å². The maximum absolute atomic E-state index is 13.5. The number of ether oxygens (including phenoxy) is 4. The molecule has 6 aliphatic heterocycles. The van der Waals surface area contributed by atoms with Gasteiger partial charge in [-0.15, -0.1) is 0 Å². The Hall–Kier alpha value is -4.65. The number of fused-ring (bicyclic) bond motifs is 4. The lowest BCUT2D eigenvalue weighted by Crippen LogP contribution is -2.81. The van der Waals surface area contributed by atoms with Crippen molar-refractivity contribution in [3.63, 3.8) is 0 Å². The van der Waals surface area contributed by atoms with Gasteiger partial charge in [-0.25, -0.2) is 4.79 Å². The van der Waals surface area contributed by atoms with Gasteiger partial charge < -0.3 is 33.9 Å².